The van der Waals surface area contributed by atoms with Crippen LogP contribution in [0.3, 0.4) is 0 Å². The first kappa shape index (κ1) is 14.5. The first-order chi connectivity index (χ1) is 9.48. The number of rotatable bonds is 5. The molecule has 0 unspecified atom stereocenters. The predicted octanol–water partition coefficient (Wildman–Crippen LogP) is 1.59. The monoisotopic (exact) mass is 291 g/mol. The summed E-state index contributed by atoms with van der Waals surface area (Å²) in [5.74, 6) is -0.121. The Bertz CT molecular complexity index is 699. The van der Waals surface area contributed by atoms with Gasteiger partial charge in [-0.2, -0.15) is 0 Å². The van der Waals surface area contributed by atoms with Crippen LogP contribution in [0.1, 0.15) is 16.7 Å². The summed E-state index contributed by atoms with van der Waals surface area (Å²) in [5, 5.41) is 0. The van der Waals surface area contributed by atoms with Crippen molar-refractivity contribution in [3.63, 3.8) is 0 Å². The Kier molecular flexibility index (Phi) is 4.36. The average molecular weight is 291 g/mol. The molecule has 2 rings (SSSR count). The molecule has 5 nitrogen and oxygen atoms in total. The number of nitrogens with two attached hydrogens (primary N) is 1. The smallest absolute Gasteiger partial charge is 0.216 e. The molecular formula is C14H17N3O2S. The number of benzene rings is 1. The van der Waals surface area contributed by atoms with Crippen LogP contribution in [0.2, 0.25) is 0 Å². The van der Waals surface area contributed by atoms with Crippen molar-refractivity contribution in [2.24, 2.45) is 0 Å². The van der Waals surface area contributed by atoms with E-state index in [-0.39, 0.29) is 12.3 Å². The lowest BCUT2D eigenvalue weighted by molar-refractivity contribution is 0.580. The van der Waals surface area contributed by atoms with Gasteiger partial charge in [0, 0.05) is 24.6 Å². The molecule has 0 fully saturated rings. The minimum atomic E-state index is -3.42. The van der Waals surface area contributed by atoms with E-state index in [1.807, 2.05) is 6.92 Å². The second-order valence-electron chi connectivity index (χ2n) is 4.58. The number of nitrogens with one attached hydrogen (secondary N) is 1. The number of nitrogens with zero attached hydrogens (tertiary/aromatic N) is 1. The Morgan fingerprint density at radius 3 is 2.65 bits per heavy atom. The van der Waals surface area contributed by atoms with Gasteiger partial charge in [-0.15, -0.1) is 0 Å². The lowest BCUT2D eigenvalue weighted by Gasteiger charge is -2.09. The fourth-order valence-electron chi connectivity index (χ4n) is 1.81. The number of hydrogen-bond donors (Lipinski definition) is 2. The van der Waals surface area contributed by atoms with Crippen molar-refractivity contribution in [2.75, 3.05) is 5.73 Å². The molecule has 0 bridgehead atoms. The molecule has 0 aliphatic heterocycles. The Morgan fingerprint density at radius 2 is 1.95 bits per heavy atom. The van der Waals surface area contributed by atoms with E-state index in [0.29, 0.717) is 11.3 Å². The van der Waals surface area contributed by atoms with Crippen molar-refractivity contribution in [3.05, 3.63) is 59.4 Å². The summed E-state index contributed by atoms with van der Waals surface area (Å²) in [6.45, 7) is 2.15. The molecule has 106 valence electrons. The van der Waals surface area contributed by atoms with Gasteiger partial charge in [-0.1, -0.05) is 18.2 Å². The largest absolute Gasteiger partial charge is 0.398 e. The number of pyridine rings is 1. The molecule has 0 spiro atoms. The zero-order chi connectivity index (χ0) is 14.6. The summed E-state index contributed by atoms with van der Waals surface area (Å²) >= 11 is 0. The third-order valence-corrected chi connectivity index (χ3v) is 4.29. The maximum absolute atomic E-state index is 12.1. The van der Waals surface area contributed by atoms with Crippen molar-refractivity contribution < 1.29 is 8.42 Å². The standard InChI is InChI=1S/C14H17N3O2S/c1-11-8-16-7-6-12(11)9-17-20(18,19)10-13-4-2-3-5-14(13)15/h2-8,17H,9-10,15H2,1H3. The number of aromatic nitrogens is 1. The molecule has 0 amide bonds. The highest BCUT2D eigenvalue weighted by Gasteiger charge is 2.13. The van der Waals surface area contributed by atoms with Crippen LogP contribution >= 0.6 is 0 Å². The van der Waals surface area contributed by atoms with E-state index in [1.165, 1.54) is 0 Å². The van der Waals surface area contributed by atoms with Gasteiger partial charge in [0.05, 0.1) is 5.75 Å². The molecule has 0 saturated heterocycles. The van der Waals surface area contributed by atoms with E-state index < -0.39 is 10.0 Å². The highest BCUT2D eigenvalue weighted by atomic mass is 32.2. The normalized spacial score (nSPS) is 11.4. The van der Waals surface area contributed by atoms with Crippen LogP contribution in [-0.4, -0.2) is 13.4 Å². The maximum Gasteiger partial charge on any atom is 0.216 e. The van der Waals surface area contributed by atoms with Crippen molar-refractivity contribution in [3.8, 4) is 0 Å². The van der Waals surface area contributed by atoms with Crippen LogP contribution < -0.4 is 10.5 Å². The zero-order valence-electron chi connectivity index (χ0n) is 11.2. The Hall–Kier alpha value is -1.92. The molecule has 0 saturated carbocycles. The van der Waals surface area contributed by atoms with Gasteiger partial charge in [0.25, 0.3) is 0 Å². The number of anilines is 1. The number of aryl methyl sites for hydroxylation is 1. The van der Waals surface area contributed by atoms with Gasteiger partial charge in [-0.05, 0) is 35.7 Å². The van der Waals surface area contributed by atoms with Gasteiger partial charge in [0.2, 0.25) is 10.0 Å². The second kappa shape index (κ2) is 6.02. The number of hydrogen-bond acceptors (Lipinski definition) is 4. The highest BCUT2D eigenvalue weighted by molar-refractivity contribution is 7.88. The Labute approximate surface area is 118 Å². The van der Waals surface area contributed by atoms with Gasteiger partial charge < -0.3 is 5.73 Å². The summed E-state index contributed by atoms with van der Waals surface area (Å²) in [5.41, 5.74) is 8.71. The first-order valence-corrected chi connectivity index (χ1v) is 7.83. The quantitative estimate of drug-likeness (QED) is 0.819. The summed E-state index contributed by atoms with van der Waals surface area (Å²) in [6, 6.07) is 8.76. The van der Waals surface area contributed by atoms with Crippen LogP contribution in [0.5, 0.6) is 0 Å². The Balaban J connectivity index is 2.05. The Morgan fingerprint density at radius 1 is 1.20 bits per heavy atom. The third kappa shape index (κ3) is 3.79. The van der Waals surface area contributed by atoms with Crippen molar-refractivity contribution >= 4 is 15.7 Å². The lowest BCUT2D eigenvalue weighted by atomic mass is 10.2. The van der Waals surface area contributed by atoms with Crippen molar-refractivity contribution in [1.82, 2.24) is 9.71 Å². The van der Waals surface area contributed by atoms with E-state index >= 15 is 0 Å². The molecule has 3 N–H and O–H groups in total. The lowest BCUT2D eigenvalue weighted by Crippen LogP contribution is -2.25. The van der Waals surface area contributed by atoms with E-state index in [4.69, 9.17) is 5.73 Å². The minimum Gasteiger partial charge on any atom is -0.398 e. The second-order valence-corrected chi connectivity index (χ2v) is 6.39. The van der Waals surface area contributed by atoms with Gasteiger partial charge >= 0.3 is 0 Å². The van der Waals surface area contributed by atoms with E-state index in [1.54, 1.807) is 42.7 Å². The molecular weight excluding hydrogens is 274 g/mol. The number of nitrogen functional groups attached to an aromatic ring is 1. The first-order valence-electron chi connectivity index (χ1n) is 6.18. The topological polar surface area (TPSA) is 85.1 Å². The molecule has 1 aromatic heterocycles. The molecule has 0 radical (unpaired) electrons. The summed E-state index contributed by atoms with van der Waals surface area (Å²) in [4.78, 5) is 3.97. The molecule has 6 heteroatoms. The van der Waals surface area contributed by atoms with Gasteiger partial charge in [0.15, 0.2) is 0 Å². The number of para-hydroxylation sites is 1. The van der Waals surface area contributed by atoms with Crippen molar-refractivity contribution in [1.29, 1.82) is 0 Å². The minimum absolute atomic E-state index is 0.121. The molecule has 2 aromatic rings. The van der Waals surface area contributed by atoms with Crippen LogP contribution in [-0.2, 0) is 22.3 Å². The van der Waals surface area contributed by atoms with Crippen LogP contribution in [0.15, 0.2) is 42.7 Å². The molecule has 1 heterocycles. The van der Waals surface area contributed by atoms with Gasteiger partial charge in [-0.25, -0.2) is 13.1 Å². The van der Waals surface area contributed by atoms with E-state index in [0.717, 1.165) is 11.1 Å². The van der Waals surface area contributed by atoms with Gasteiger partial charge in [-0.3, -0.25) is 4.98 Å². The molecule has 20 heavy (non-hydrogen) atoms. The fourth-order valence-corrected chi connectivity index (χ4v) is 2.96. The summed E-state index contributed by atoms with van der Waals surface area (Å²) < 4.78 is 26.7. The summed E-state index contributed by atoms with van der Waals surface area (Å²) in [6.07, 6.45) is 3.35. The molecule has 0 atom stereocenters. The highest BCUT2D eigenvalue weighted by Crippen LogP contribution is 2.14. The zero-order valence-corrected chi connectivity index (χ0v) is 12.0. The SMILES string of the molecule is Cc1cnccc1CNS(=O)(=O)Cc1ccccc1N. The van der Waals surface area contributed by atoms with Crippen LogP contribution in [0.4, 0.5) is 5.69 Å². The molecule has 0 aliphatic carbocycles. The maximum atomic E-state index is 12.1. The number of sulfonamides is 1. The predicted molar refractivity (Wildman–Crippen MR) is 79.3 cm³/mol. The molecule has 0 aliphatic rings. The van der Waals surface area contributed by atoms with E-state index in [2.05, 4.69) is 9.71 Å². The van der Waals surface area contributed by atoms with E-state index in [9.17, 15) is 8.42 Å². The van der Waals surface area contributed by atoms with Gasteiger partial charge in [0.1, 0.15) is 0 Å². The van der Waals surface area contributed by atoms with Crippen molar-refractivity contribution in [2.45, 2.75) is 19.2 Å². The third-order valence-electron chi connectivity index (χ3n) is 3.02. The summed E-state index contributed by atoms with van der Waals surface area (Å²) in [7, 11) is -3.42. The van der Waals surface area contributed by atoms with Crippen LogP contribution in [0, 0.1) is 6.92 Å². The average Bonchev–Trinajstić information content (AvgIpc) is 2.40. The fraction of sp³-hybridized carbons (Fsp3) is 0.214. The van der Waals surface area contributed by atoms with Crippen LogP contribution in [0.25, 0.3) is 0 Å². The molecule has 1 aromatic carbocycles.